The highest BCUT2D eigenvalue weighted by Crippen LogP contribution is 2.09. The first-order valence-corrected chi connectivity index (χ1v) is 4.56. The molecule has 2 aliphatic heterocycles. The Morgan fingerprint density at radius 2 is 2.17 bits per heavy atom. The van der Waals surface area contributed by atoms with E-state index in [9.17, 15) is 4.79 Å². The number of carbonyl (C=O) groups excluding carboxylic acids is 1. The van der Waals surface area contributed by atoms with Crippen molar-refractivity contribution in [3.63, 3.8) is 0 Å². The second-order valence-electron chi connectivity index (χ2n) is 3.15. The van der Waals surface area contributed by atoms with Crippen LogP contribution in [-0.2, 0) is 14.3 Å². The molecule has 3 heteroatoms. The number of hydrogen-bond donors (Lipinski definition) is 0. The van der Waals surface area contributed by atoms with Gasteiger partial charge in [0.1, 0.15) is 0 Å². The molecule has 0 aliphatic carbocycles. The molecule has 0 radical (unpaired) electrons. The predicted molar refractivity (Wildman–Crippen MR) is 44.8 cm³/mol. The number of rotatable bonds is 0. The number of hydrogen-bond acceptors (Lipinski definition) is 3. The van der Waals surface area contributed by atoms with Crippen molar-refractivity contribution in [1.29, 1.82) is 0 Å². The fraction of sp³-hybridized carbons (Fsp3) is 0.889. The van der Waals surface area contributed by atoms with Gasteiger partial charge in [0, 0.05) is 13.0 Å². The molecule has 2 saturated heterocycles. The predicted octanol–water partition coefficient (Wildman–Crippen LogP) is 1.51. The molecule has 70 valence electrons. The van der Waals surface area contributed by atoms with Gasteiger partial charge in [-0.3, -0.25) is 4.79 Å². The van der Waals surface area contributed by atoms with E-state index in [2.05, 4.69) is 11.7 Å². The molecule has 0 N–H and O–H groups in total. The Kier molecular flexibility index (Phi) is 4.08. The Bertz CT molecular complexity index is 131. The van der Waals surface area contributed by atoms with Gasteiger partial charge in [0.15, 0.2) is 0 Å². The Morgan fingerprint density at radius 3 is 2.33 bits per heavy atom. The lowest BCUT2D eigenvalue weighted by Crippen LogP contribution is -1.94. The van der Waals surface area contributed by atoms with Gasteiger partial charge in [-0.25, -0.2) is 0 Å². The van der Waals surface area contributed by atoms with Crippen LogP contribution in [-0.4, -0.2) is 25.3 Å². The van der Waals surface area contributed by atoms with Crippen molar-refractivity contribution < 1.29 is 14.3 Å². The first-order chi connectivity index (χ1) is 5.79. The van der Waals surface area contributed by atoms with Crippen molar-refractivity contribution in [2.75, 3.05) is 13.2 Å². The highest BCUT2D eigenvalue weighted by atomic mass is 16.5. The molecular weight excluding hydrogens is 156 g/mol. The number of carbonyl (C=O) groups is 1. The summed E-state index contributed by atoms with van der Waals surface area (Å²) < 4.78 is 9.67. The van der Waals surface area contributed by atoms with Crippen molar-refractivity contribution in [1.82, 2.24) is 0 Å². The third-order valence-electron chi connectivity index (χ3n) is 1.95. The van der Waals surface area contributed by atoms with Crippen LogP contribution in [0.25, 0.3) is 0 Å². The molecule has 1 atom stereocenters. The molecule has 0 spiro atoms. The van der Waals surface area contributed by atoms with Gasteiger partial charge in [0.2, 0.25) is 0 Å². The summed E-state index contributed by atoms with van der Waals surface area (Å²) in [5, 5.41) is 0. The smallest absolute Gasteiger partial charge is 0.305 e. The van der Waals surface area contributed by atoms with E-state index in [-0.39, 0.29) is 5.97 Å². The number of ether oxygens (including phenoxy) is 2. The van der Waals surface area contributed by atoms with Gasteiger partial charge in [-0.2, -0.15) is 0 Å². The van der Waals surface area contributed by atoms with Crippen LogP contribution in [0.3, 0.4) is 0 Å². The maximum Gasteiger partial charge on any atom is 0.305 e. The average Bonchev–Trinajstić information content (AvgIpc) is 2.63. The second-order valence-corrected chi connectivity index (χ2v) is 3.15. The summed E-state index contributed by atoms with van der Waals surface area (Å²) in [6, 6.07) is 0. The molecule has 2 heterocycles. The van der Waals surface area contributed by atoms with Crippen LogP contribution in [0.4, 0.5) is 0 Å². The van der Waals surface area contributed by atoms with Crippen LogP contribution in [0.2, 0.25) is 0 Å². The average molecular weight is 172 g/mol. The third kappa shape index (κ3) is 3.72. The van der Waals surface area contributed by atoms with Gasteiger partial charge in [-0.1, -0.05) is 0 Å². The normalized spacial score (nSPS) is 27.8. The van der Waals surface area contributed by atoms with Crippen LogP contribution in [0.1, 0.15) is 32.6 Å². The van der Waals surface area contributed by atoms with Crippen molar-refractivity contribution >= 4 is 5.97 Å². The molecule has 0 bridgehead atoms. The van der Waals surface area contributed by atoms with Crippen molar-refractivity contribution in [3.05, 3.63) is 0 Å². The van der Waals surface area contributed by atoms with E-state index >= 15 is 0 Å². The lowest BCUT2D eigenvalue weighted by molar-refractivity contribution is -0.137. The second kappa shape index (κ2) is 5.14. The first-order valence-electron chi connectivity index (χ1n) is 4.56. The molecule has 3 nitrogen and oxygen atoms in total. The minimum absolute atomic E-state index is 0.0463. The summed E-state index contributed by atoms with van der Waals surface area (Å²) >= 11 is 0. The molecule has 2 rings (SSSR count). The zero-order chi connectivity index (χ0) is 8.81. The van der Waals surface area contributed by atoms with Gasteiger partial charge in [-0.05, 0) is 26.2 Å². The number of esters is 1. The van der Waals surface area contributed by atoms with Gasteiger partial charge >= 0.3 is 5.97 Å². The van der Waals surface area contributed by atoms with Gasteiger partial charge in [0.25, 0.3) is 0 Å². The highest BCUT2D eigenvalue weighted by Gasteiger charge is 2.08. The van der Waals surface area contributed by atoms with E-state index in [0.717, 1.165) is 13.0 Å². The summed E-state index contributed by atoms with van der Waals surface area (Å²) in [7, 11) is 0. The van der Waals surface area contributed by atoms with E-state index in [4.69, 9.17) is 4.74 Å². The molecule has 0 aromatic carbocycles. The summed E-state index contributed by atoms with van der Waals surface area (Å²) in [6.45, 7) is 3.74. The zero-order valence-electron chi connectivity index (χ0n) is 7.54. The fourth-order valence-corrected chi connectivity index (χ4v) is 1.21. The lowest BCUT2D eigenvalue weighted by Gasteiger charge is -1.94. The maximum absolute atomic E-state index is 10.0. The third-order valence-corrected chi connectivity index (χ3v) is 1.95. The summed E-state index contributed by atoms with van der Waals surface area (Å²) in [5.41, 5.74) is 0. The summed E-state index contributed by atoms with van der Waals surface area (Å²) in [6.07, 6.45) is 4.62. The lowest BCUT2D eigenvalue weighted by atomic mass is 10.3. The van der Waals surface area contributed by atoms with Crippen LogP contribution < -0.4 is 0 Å². The minimum Gasteiger partial charge on any atom is -0.466 e. The van der Waals surface area contributed by atoms with E-state index in [1.807, 2.05) is 0 Å². The quantitative estimate of drug-likeness (QED) is 0.519. The van der Waals surface area contributed by atoms with E-state index in [0.29, 0.717) is 19.1 Å². The topological polar surface area (TPSA) is 35.5 Å². The molecular formula is C9H16O3. The van der Waals surface area contributed by atoms with Crippen LogP contribution >= 0.6 is 0 Å². The molecule has 0 saturated carbocycles. The minimum atomic E-state index is -0.0463. The van der Waals surface area contributed by atoms with Crippen molar-refractivity contribution in [2.24, 2.45) is 0 Å². The van der Waals surface area contributed by atoms with Crippen molar-refractivity contribution in [3.8, 4) is 0 Å². The van der Waals surface area contributed by atoms with Gasteiger partial charge in [-0.15, -0.1) is 0 Å². The van der Waals surface area contributed by atoms with Crippen molar-refractivity contribution in [2.45, 2.75) is 38.7 Å². The van der Waals surface area contributed by atoms with Gasteiger partial charge in [0.05, 0.1) is 12.7 Å². The van der Waals surface area contributed by atoms with Crippen LogP contribution in [0.5, 0.6) is 0 Å². The first kappa shape index (κ1) is 9.52. The molecule has 0 amide bonds. The van der Waals surface area contributed by atoms with Crippen LogP contribution in [0, 0.1) is 0 Å². The molecule has 1 unspecified atom stereocenters. The SMILES string of the molecule is CC1CCCO1.O=C1CCCO1. The van der Waals surface area contributed by atoms with E-state index < -0.39 is 0 Å². The Labute approximate surface area is 73.0 Å². The summed E-state index contributed by atoms with van der Waals surface area (Å²) in [5.74, 6) is -0.0463. The molecule has 2 aliphatic rings. The monoisotopic (exact) mass is 172 g/mol. The van der Waals surface area contributed by atoms with Gasteiger partial charge < -0.3 is 9.47 Å². The Morgan fingerprint density at radius 1 is 1.33 bits per heavy atom. The van der Waals surface area contributed by atoms with E-state index in [1.54, 1.807) is 0 Å². The standard InChI is InChI=1S/C5H10O.C4H6O2/c1-5-3-2-4-6-5;5-4-2-1-3-6-4/h5H,2-4H2,1H3;1-3H2. The largest absolute Gasteiger partial charge is 0.466 e. The Hall–Kier alpha value is -0.570. The number of cyclic esters (lactones) is 1. The fourth-order valence-electron chi connectivity index (χ4n) is 1.21. The molecule has 12 heavy (non-hydrogen) atoms. The maximum atomic E-state index is 10.0. The molecule has 0 aromatic rings. The van der Waals surface area contributed by atoms with E-state index in [1.165, 1.54) is 12.8 Å². The molecule has 0 aromatic heterocycles. The highest BCUT2D eigenvalue weighted by molar-refractivity contribution is 5.70. The molecule has 2 fully saturated rings. The zero-order valence-corrected chi connectivity index (χ0v) is 7.54. The van der Waals surface area contributed by atoms with Crippen LogP contribution in [0.15, 0.2) is 0 Å². The summed E-state index contributed by atoms with van der Waals surface area (Å²) in [4.78, 5) is 10.0. The Balaban J connectivity index is 0.000000120.